The molecule has 1 heterocycles. The number of amides is 2. The van der Waals surface area contributed by atoms with Crippen molar-refractivity contribution in [1.29, 1.82) is 0 Å². The summed E-state index contributed by atoms with van der Waals surface area (Å²) in [6.45, 7) is 3.08. The molecule has 2 unspecified atom stereocenters. The number of carbonyl (C=O) groups is 1. The van der Waals surface area contributed by atoms with Crippen LogP contribution in [0.3, 0.4) is 0 Å². The van der Waals surface area contributed by atoms with Crippen LogP contribution in [0.5, 0.6) is 0 Å². The molecule has 2 N–H and O–H groups in total. The van der Waals surface area contributed by atoms with Gasteiger partial charge in [-0.1, -0.05) is 6.42 Å². The van der Waals surface area contributed by atoms with Crippen LogP contribution in [0.2, 0.25) is 0 Å². The molecule has 0 spiro atoms. The average Bonchev–Trinajstić information content (AvgIpc) is 2.96. The van der Waals surface area contributed by atoms with Crippen molar-refractivity contribution in [1.82, 2.24) is 15.2 Å². The normalized spacial score (nSPS) is 22.5. The van der Waals surface area contributed by atoms with Gasteiger partial charge in [0.05, 0.1) is 12.6 Å². The van der Waals surface area contributed by atoms with Gasteiger partial charge in [0.25, 0.3) is 0 Å². The molecule has 2 amide bonds. The van der Waals surface area contributed by atoms with Gasteiger partial charge in [-0.15, -0.1) is 11.3 Å². The fraction of sp³-hybridized carbons (Fsp3) is 0.692. The molecule has 2 rings (SSSR count). The summed E-state index contributed by atoms with van der Waals surface area (Å²) >= 11 is 1.59. The van der Waals surface area contributed by atoms with E-state index in [9.17, 15) is 9.90 Å². The van der Waals surface area contributed by atoms with Crippen molar-refractivity contribution in [3.8, 4) is 0 Å². The first-order chi connectivity index (χ1) is 9.06. The molecule has 1 saturated carbocycles. The van der Waals surface area contributed by atoms with Gasteiger partial charge in [0.2, 0.25) is 0 Å². The van der Waals surface area contributed by atoms with Gasteiger partial charge in [-0.25, -0.2) is 9.78 Å². The third-order valence-corrected chi connectivity index (χ3v) is 4.45. The van der Waals surface area contributed by atoms with E-state index in [1.807, 2.05) is 13.1 Å². The zero-order valence-corrected chi connectivity index (χ0v) is 12.2. The lowest BCUT2D eigenvalue weighted by atomic mass is 10.1. The Balaban J connectivity index is 1.76. The van der Waals surface area contributed by atoms with Crippen LogP contribution in [0, 0.1) is 12.8 Å². The first kappa shape index (κ1) is 14.3. The lowest BCUT2D eigenvalue weighted by Crippen LogP contribution is -2.40. The van der Waals surface area contributed by atoms with Crippen LogP contribution in [0.15, 0.2) is 6.20 Å². The topological polar surface area (TPSA) is 65.5 Å². The van der Waals surface area contributed by atoms with Gasteiger partial charge >= 0.3 is 6.03 Å². The van der Waals surface area contributed by atoms with Gasteiger partial charge in [-0.2, -0.15) is 0 Å². The molecular weight excluding hydrogens is 262 g/mol. The molecule has 1 aromatic heterocycles. The fourth-order valence-corrected chi connectivity index (χ4v) is 3.16. The molecule has 6 heteroatoms. The van der Waals surface area contributed by atoms with E-state index >= 15 is 0 Å². The summed E-state index contributed by atoms with van der Waals surface area (Å²) in [4.78, 5) is 18.9. The summed E-state index contributed by atoms with van der Waals surface area (Å²) in [6, 6.07) is -0.105. The van der Waals surface area contributed by atoms with Crippen molar-refractivity contribution in [2.24, 2.45) is 5.92 Å². The van der Waals surface area contributed by atoms with Gasteiger partial charge < -0.3 is 15.3 Å². The molecule has 2 atom stereocenters. The summed E-state index contributed by atoms with van der Waals surface area (Å²) in [6.07, 6.45) is 4.48. The van der Waals surface area contributed by atoms with Crippen LogP contribution in [-0.2, 0) is 6.54 Å². The number of aliphatic hydroxyl groups excluding tert-OH is 1. The Bertz CT molecular complexity index is 435. The molecule has 1 fully saturated rings. The Kier molecular flexibility index (Phi) is 4.76. The van der Waals surface area contributed by atoms with E-state index in [1.165, 1.54) is 0 Å². The van der Waals surface area contributed by atoms with Crippen molar-refractivity contribution in [2.45, 2.75) is 38.8 Å². The van der Waals surface area contributed by atoms with Gasteiger partial charge in [0.1, 0.15) is 5.01 Å². The molecule has 0 saturated heterocycles. The number of urea groups is 1. The molecule has 106 valence electrons. The monoisotopic (exact) mass is 283 g/mol. The molecular formula is C13H21N3O2S. The number of rotatable bonds is 4. The zero-order valence-electron chi connectivity index (χ0n) is 11.4. The Morgan fingerprint density at radius 1 is 1.63 bits per heavy atom. The van der Waals surface area contributed by atoms with Crippen LogP contribution in [-0.4, -0.2) is 40.7 Å². The molecule has 0 aromatic carbocycles. The number of nitrogens with one attached hydrogen (secondary N) is 1. The van der Waals surface area contributed by atoms with Crippen LogP contribution < -0.4 is 5.32 Å². The van der Waals surface area contributed by atoms with E-state index in [4.69, 9.17) is 0 Å². The predicted molar refractivity (Wildman–Crippen MR) is 75.1 cm³/mol. The SMILES string of the molecule is Cc1cnc(CNC(=O)N(C)CC2CCCC2O)s1. The van der Waals surface area contributed by atoms with Crippen LogP contribution in [0.4, 0.5) is 4.79 Å². The van der Waals surface area contributed by atoms with Gasteiger partial charge in [0, 0.05) is 30.6 Å². The van der Waals surface area contributed by atoms with Crippen LogP contribution in [0.1, 0.15) is 29.1 Å². The highest BCUT2D eigenvalue weighted by molar-refractivity contribution is 7.11. The Hall–Kier alpha value is -1.14. The third kappa shape index (κ3) is 3.91. The highest BCUT2D eigenvalue weighted by Gasteiger charge is 2.27. The van der Waals surface area contributed by atoms with Crippen LogP contribution in [0.25, 0.3) is 0 Å². The van der Waals surface area contributed by atoms with E-state index in [-0.39, 0.29) is 18.1 Å². The molecule has 1 aromatic rings. The van der Waals surface area contributed by atoms with Crippen molar-refractivity contribution in [3.05, 3.63) is 16.1 Å². The number of aryl methyl sites for hydroxylation is 1. The number of carbonyl (C=O) groups excluding carboxylic acids is 1. The maximum Gasteiger partial charge on any atom is 0.317 e. The molecule has 0 aliphatic heterocycles. The maximum absolute atomic E-state index is 11.9. The highest BCUT2D eigenvalue weighted by Crippen LogP contribution is 2.25. The van der Waals surface area contributed by atoms with Crippen molar-refractivity contribution < 1.29 is 9.90 Å². The van der Waals surface area contributed by atoms with E-state index < -0.39 is 0 Å². The number of aliphatic hydroxyl groups is 1. The smallest absolute Gasteiger partial charge is 0.317 e. The second-order valence-electron chi connectivity index (χ2n) is 5.16. The number of nitrogens with zero attached hydrogens (tertiary/aromatic N) is 2. The van der Waals surface area contributed by atoms with Gasteiger partial charge in [-0.05, 0) is 19.8 Å². The molecule has 1 aliphatic rings. The Labute approximate surface area is 117 Å². The molecule has 0 radical (unpaired) electrons. The summed E-state index contributed by atoms with van der Waals surface area (Å²) in [5, 5.41) is 13.5. The molecule has 0 bridgehead atoms. The van der Waals surface area contributed by atoms with E-state index in [2.05, 4.69) is 10.3 Å². The first-order valence-corrected chi connectivity index (χ1v) is 7.46. The number of hydrogen-bond acceptors (Lipinski definition) is 4. The van der Waals surface area contributed by atoms with Crippen molar-refractivity contribution in [3.63, 3.8) is 0 Å². The minimum absolute atomic E-state index is 0.105. The number of thiazole rings is 1. The van der Waals surface area contributed by atoms with E-state index in [0.29, 0.717) is 13.1 Å². The summed E-state index contributed by atoms with van der Waals surface area (Å²) < 4.78 is 0. The molecule has 5 nitrogen and oxygen atoms in total. The Morgan fingerprint density at radius 2 is 2.42 bits per heavy atom. The van der Waals surface area contributed by atoms with Gasteiger partial charge in [0.15, 0.2) is 0 Å². The van der Waals surface area contributed by atoms with Crippen molar-refractivity contribution >= 4 is 17.4 Å². The lowest BCUT2D eigenvalue weighted by molar-refractivity contribution is 0.114. The van der Waals surface area contributed by atoms with Gasteiger partial charge in [-0.3, -0.25) is 0 Å². The quantitative estimate of drug-likeness (QED) is 0.885. The average molecular weight is 283 g/mol. The van der Waals surface area contributed by atoms with E-state index in [1.54, 1.807) is 23.3 Å². The third-order valence-electron chi connectivity index (χ3n) is 3.53. The lowest BCUT2D eigenvalue weighted by Gasteiger charge is -2.23. The summed E-state index contributed by atoms with van der Waals surface area (Å²) in [5.41, 5.74) is 0. The Morgan fingerprint density at radius 3 is 3.00 bits per heavy atom. The van der Waals surface area contributed by atoms with E-state index in [0.717, 1.165) is 29.1 Å². The van der Waals surface area contributed by atoms with Crippen LogP contribution >= 0.6 is 11.3 Å². The molecule has 19 heavy (non-hydrogen) atoms. The highest BCUT2D eigenvalue weighted by atomic mass is 32.1. The largest absolute Gasteiger partial charge is 0.393 e. The summed E-state index contributed by atoms with van der Waals surface area (Å²) in [7, 11) is 1.77. The molecule has 1 aliphatic carbocycles. The van der Waals surface area contributed by atoms with Crippen molar-refractivity contribution in [2.75, 3.05) is 13.6 Å². The maximum atomic E-state index is 11.9. The standard InChI is InChI=1S/C13H21N3O2S/c1-9-6-14-12(19-9)7-15-13(18)16(2)8-10-4-3-5-11(10)17/h6,10-11,17H,3-5,7-8H2,1-2H3,(H,15,18). The minimum Gasteiger partial charge on any atom is -0.393 e. The minimum atomic E-state index is -0.253. The first-order valence-electron chi connectivity index (χ1n) is 6.64. The number of hydrogen-bond donors (Lipinski definition) is 2. The predicted octanol–water partition coefficient (Wildman–Crippen LogP) is 1.75. The second kappa shape index (κ2) is 6.34. The second-order valence-corrected chi connectivity index (χ2v) is 6.48. The zero-order chi connectivity index (χ0) is 13.8. The fourth-order valence-electron chi connectivity index (χ4n) is 2.43. The number of aromatic nitrogens is 1. The summed E-state index contributed by atoms with van der Waals surface area (Å²) in [5.74, 6) is 0.220.